The van der Waals surface area contributed by atoms with E-state index in [0.29, 0.717) is 12.2 Å². The largest absolute Gasteiger partial charge is 0.399 e. The average Bonchev–Trinajstić information content (AvgIpc) is 2.32. The van der Waals surface area contributed by atoms with Gasteiger partial charge < -0.3 is 16.8 Å². The molecule has 0 saturated heterocycles. The summed E-state index contributed by atoms with van der Waals surface area (Å²) >= 11 is 5.81. The number of nitrogen functional groups attached to an aromatic ring is 2. The molecule has 5 heteroatoms. The molecule has 0 aliphatic heterocycles. The van der Waals surface area contributed by atoms with Crippen molar-refractivity contribution in [3.63, 3.8) is 0 Å². The predicted molar refractivity (Wildman–Crippen MR) is 81.3 cm³/mol. The Morgan fingerprint density at radius 2 is 1.67 bits per heavy atom. The fourth-order valence-corrected chi connectivity index (χ4v) is 1.67. The Balaban J connectivity index is 0.00000162. The number of halogens is 2. The fraction of sp³-hybridized carbons (Fsp3) is 0.0769. The van der Waals surface area contributed by atoms with Crippen molar-refractivity contribution in [2.75, 3.05) is 16.8 Å². The summed E-state index contributed by atoms with van der Waals surface area (Å²) in [4.78, 5) is 0. The third-order valence-corrected chi connectivity index (χ3v) is 2.75. The Labute approximate surface area is 118 Å². The smallest absolute Gasteiger partial charge is 0.0421 e. The number of rotatable bonds is 3. The van der Waals surface area contributed by atoms with Gasteiger partial charge in [0.2, 0.25) is 0 Å². The summed E-state index contributed by atoms with van der Waals surface area (Å²) in [5.74, 6) is 0. The van der Waals surface area contributed by atoms with Crippen LogP contribution in [0.15, 0.2) is 42.5 Å². The van der Waals surface area contributed by atoms with Gasteiger partial charge in [-0.25, -0.2) is 0 Å². The van der Waals surface area contributed by atoms with E-state index in [1.165, 1.54) is 0 Å². The van der Waals surface area contributed by atoms with E-state index >= 15 is 0 Å². The van der Waals surface area contributed by atoms with E-state index in [9.17, 15) is 0 Å². The van der Waals surface area contributed by atoms with Crippen LogP contribution in [-0.2, 0) is 6.54 Å². The van der Waals surface area contributed by atoms with Crippen LogP contribution >= 0.6 is 24.0 Å². The molecular formula is C13H15Cl2N3. The molecule has 0 aliphatic rings. The van der Waals surface area contributed by atoms with E-state index in [1.54, 1.807) is 6.07 Å². The molecule has 0 saturated carbocycles. The molecule has 0 aliphatic carbocycles. The zero-order chi connectivity index (χ0) is 12.3. The molecule has 18 heavy (non-hydrogen) atoms. The lowest BCUT2D eigenvalue weighted by atomic mass is 10.1. The molecule has 5 N–H and O–H groups in total. The van der Waals surface area contributed by atoms with E-state index < -0.39 is 0 Å². The number of nitrogens with two attached hydrogens (primary N) is 2. The van der Waals surface area contributed by atoms with Gasteiger partial charge in [-0.3, -0.25) is 0 Å². The molecule has 2 aromatic carbocycles. The molecule has 0 atom stereocenters. The summed E-state index contributed by atoms with van der Waals surface area (Å²) in [5, 5.41) is 3.98. The van der Waals surface area contributed by atoms with Crippen molar-refractivity contribution in [2.24, 2.45) is 0 Å². The first-order valence-corrected chi connectivity index (χ1v) is 5.66. The number of anilines is 3. The molecule has 0 bridgehead atoms. The zero-order valence-corrected chi connectivity index (χ0v) is 11.3. The van der Waals surface area contributed by atoms with E-state index in [1.807, 2.05) is 36.4 Å². The molecule has 0 unspecified atom stereocenters. The third-order valence-electron chi connectivity index (χ3n) is 2.49. The van der Waals surface area contributed by atoms with Gasteiger partial charge in [-0.05, 0) is 48.0 Å². The first-order valence-electron chi connectivity index (χ1n) is 5.28. The normalized spacial score (nSPS) is 9.61. The topological polar surface area (TPSA) is 64.1 Å². The number of hydrogen-bond acceptors (Lipinski definition) is 3. The molecule has 0 amide bonds. The maximum Gasteiger partial charge on any atom is 0.0421 e. The summed E-state index contributed by atoms with van der Waals surface area (Å²) in [6.07, 6.45) is 0. The predicted octanol–water partition coefficient (Wildman–Crippen LogP) is 3.54. The molecule has 96 valence electrons. The number of benzene rings is 2. The lowest BCUT2D eigenvalue weighted by Crippen LogP contribution is -2.03. The summed E-state index contributed by atoms with van der Waals surface area (Å²) in [5.41, 5.74) is 15.0. The first kappa shape index (κ1) is 14.5. The Hall–Kier alpha value is -1.58. The van der Waals surface area contributed by atoms with Crippen LogP contribution < -0.4 is 16.8 Å². The van der Waals surface area contributed by atoms with Crippen LogP contribution in [0.4, 0.5) is 17.1 Å². The Morgan fingerprint density at radius 1 is 1.00 bits per heavy atom. The monoisotopic (exact) mass is 283 g/mol. The van der Waals surface area contributed by atoms with Crippen molar-refractivity contribution >= 4 is 41.1 Å². The van der Waals surface area contributed by atoms with E-state index in [4.69, 9.17) is 23.1 Å². The summed E-state index contributed by atoms with van der Waals surface area (Å²) in [6, 6.07) is 13.0. The highest BCUT2D eigenvalue weighted by molar-refractivity contribution is 6.30. The standard InChI is InChI=1S/C13H14ClN3.ClH/c14-10-1-4-12(5-2-10)17-8-9-7-11(15)3-6-13(9)16;/h1-7,17H,8,15-16H2;1H. The van der Waals surface area contributed by atoms with Crippen molar-refractivity contribution in [1.29, 1.82) is 0 Å². The lowest BCUT2D eigenvalue weighted by molar-refractivity contribution is 1.15. The molecule has 2 aromatic rings. The van der Waals surface area contributed by atoms with Crippen molar-refractivity contribution in [3.8, 4) is 0 Å². The minimum Gasteiger partial charge on any atom is -0.399 e. The molecule has 0 aromatic heterocycles. The van der Waals surface area contributed by atoms with Crippen LogP contribution in [0.2, 0.25) is 5.02 Å². The molecule has 0 heterocycles. The van der Waals surface area contributed by atoms with Crippen molar-refractivity contribution in [3.05, 3.63) is 53.1 Å². The second kappa shape index (κ2) is 6.38. The Bertz CT molecular complexity index is 512. The quantitative estimate of drug-likeness (QED) is 0.755. The van der Waals surface area contributed by atoms with Crippen molar-refractivity contribution < 1.29 is 0 Å². The first-order chi connectivity index (χ1) is 8.15. The van der Waals surface area contributed by atoms with E-state index in [2.05, 4.69) is 5.32 Å². The third kappa shape index (κ3) is 3.72. The minimum absolute atomic E-state index is 0. The highest BCUT2D eigenvalue weighted by atomic mass is 35.5. The summed E-state index contributed by atoms with van der Waals surface area (Å²) < 4.78 is 0. The minimum atomic E-state index is 0. The summed E-state index contributed by atoms with van der Waals surface area (Å²) in [6.45, 7) is 0.637. The van der Waals surface area contributed by atoms with Gasteiger partial charge in [0.05, 0.1) is 0 Å². The van der Waals surface area contributed by atoms with E-state index in [0.717, 1.165) is 22.0 Å². The zero-order valence-electron chi connectivity index (χ0n) is 9.69. The van der Waals surface area contributed by atoms with Gasteiger partial charge in [-0.1, -0.05) is 11.6 Å². The van der Waals surface area contributed by atoms with Crippen LogP contribution in [0.25, 0.3) is 0 Å². The number of hydrogen-bond donors (Lipinski definition) is 3. The second-order valence-electron chi connectivity index (χ2n) is 3.82. The molecule has 0 radical (unpaired) electrons. The second-order valence-corrected chi connectivity index (χ2v) is 4.26. The molecule has 2 rings (SSSR count). The van der Waals surface area contributed by atoms with Crippen LogP contribution in [0.1, 0.15) is 5.56 Å². The van der Waals surface area contributed by atoms with Crippen LogP contribution in [-0.4, -0.2) is 0 Å². The van der Waals surface area contributed by atoms with Crippen LogP contribution in [0.5, 0.6) is 0 Å². The maximum atomic E-state index is 5.86. The van der Waals surface area contributed by atoms with Crippen LogP contribution in [0.3, 0.4) is 0 Å². The van der Waals surface area contributed by atoms with Gasteiger partial charge in [-0.2, -0.15) is 0 Å². The van der Waals surface area contributed by atoms with Gasteiger partial charge in [-0.15, -0.1) is 12.4 Å². The lowest BCUT2D eigenvalue weighted by Gasteiger charge is -2.09. The van der Waals surface area contributed by atoms with Crippen molar-refractivity contribution in [2.45, 2.75) is 6.54 Å². The Morgan fingerprint density at radius 3 is 2.33 bits per heavy atom. The van der Waals surface area contributed by atoms with Gasteiger partial charge >= 0.3 is 0 Å². The fourth-order valence-electron chi connectivity index (χ4n) is 1.54. The van der Waals surface area contributed by atoms with Crippen LogP contribution in [0, 0.1) is 0 Å². The highest BCUT2D eigenvalue weighted by Gasteiger charge is 2.00. The van der Waals surface area contributed by atoms with Crippen molar-refractivity contribution in [1.82, 2.24) is 0 Å². The van der Waals surface area contributed by atoms with Gasteiger partial charge in [0.1, 0.15) is 0 Å². The summed E-state index contributed by atoms with van der Waals surface area (Å²) in [7, 11) is 0. The Kier molecular flexibility index (Phi) is 5.13. The average molecular weight is 284 g/mol. The van der Waals surface area contributed by atoms with E-state index in [-0.39, 0.29) is 12.4 Å². The van der Waals surface area contributed by atoms with Gasteiger partial charge in [0.15, 0.2) is 0 Å². The highest BCUT2D eigenvalue weighted by Crippen LogP contribution is 2.18. The van der Waals surface area contributed by atoms with Gasteiger partial charge in [0.25, 0.3) is 0 Å². The molecule has 0 spiro atoms. The molecule has 0 fully saturated rings. The maximum absolute atomic E-state index is 5.86. The molecular weight excluding hydrogens is 269 g/mol. The number of nitrogens with one attached hydrogen (secondary N) is 1. The SMILES string of the molecule is Cl.Nc1ccc(N)c(CNc2ccc(Cl)cc2)c1. The van der Waals surface area contributed by atoms with Gasteiger partial charge in [0, 0.05) is 28.6 Å². The molecule has 3 nitrogen and oxygen atoms in total.